The van der Waals surface area contributed by atoms with Gasteiger partial charge in [0.05, 0.1) is 12.7 Å². The van der Waals surface area contributed by atoms with Gasteiger partial charge in [0.1, 0.15) is 12.4 Å². The van der Waals surface area contributed by atoms with E-state index in [1.807, 2.05) is 42.5 Å². The molecule has 0 saturated carbocycles. The molecule has 3 nitrogen and oxygen atoms in total. The minimum Gasteiger partial charge on any atom is -0.489 e. The zero-order valence-electron chi connectivity index (χ0n) is 13.9. The minimum atomic E-state index is -0.659. The fraction of sp³-hybridized carbons (Fsp3) is 0.400. The predicted molar refractivity (Wildman–Crippen MR) is 92.7 cm³/mol. The Morgan fingerprint density at radius 2 is 1.83 bits per heavy atom. The lowest BCUT2D eigenvalue weighted by molar-refractivity contribution is 0.0817. The van der Waals surface area contributed by atoms with E-state index in [1.165, 1.54) is 5.56 Å². The third-order valence-electron chi connectivity index (χ3n) is 4.19. The Morgan fingerprint density at radius 3 is 2.43 bits per heavy atom. The van der Waals surface area contributed by atoms with Crippen LogP contribution in [0.4, 0.5) is 0 Å². The van der Waals surface area contributed by atoms with E-state index in [1.54, 1.807) is 0 Å². The molecule has 0 fully saturated rings. The molecule has 2 aromatic carbocycles. The fourth-order valence-corrected chi connectivity index (χ4v) is 2.85. The third kappa shape index (κ3) is 5.08. The molecular weight excluding hydrogens is 288 g/mol. The zero-order chi connectivity index (χ0) is 16.7. The van der Waals surface area contributed by atoms with Crippen LogP contribution in [-0.4, -0.2) is 22.9 Å². The van der Waals surface area contributed by atoms with Gasteiger partial charge in [-0.2, -0.15) is 0 Å². The van der Waals surface area contributed by atoms with Crippen molar-refractivity contribution in [3.05, 3.63) is 65.2 Å². The van der Waals surface area contributed by atoms with Crippen LogP contribution in [0.15, 0.2) is 48.5 Å². The minimum absolute atomic E-state index is 0.187. The highest BCUT2D eigenvalue weighted by molar-refractivity contribution is 5.37. The molecule has 3 heteroatoms. The van der Waals surface area contributed by atoms with Gasteiger partial charge >= 0.3 is 0 Å². The molecule has 0 spiro atoms. The first-order chi connectivity index (χ1) is 11.1. The van der Waals surface area contributed by atoms with Crippen LogP contribution in [0, 0.1) is 6.92 Å². The largest absolute Gasteiger partial charge is 0.489 e. The zero-order valence-corrected chi connectivity index (χ0v) is 13.9. The van der Waals surface area contributed by atoms with Gasteiger partial charge < -0.3 is 14.9 Å². The predicted octanol–water partition coefficient (Wildman–Crippen LogP) is 3.81. The Balaban J connectivity index is 2.04. The number of benzene rings is 2. The Hall–Kier alpha value is -1.84. The van der Waals surface area contributed by atoms with Gasteiger partial charge in [-0.05, 0) is 54.5 Å². The third-order valence-corrected chi connectivity index (χ3v) is 4.19. The maximum Gasteiger partial charge on any atom is 0.120 e. The number of aliphatic hydroxyl groups excluding tert-OH is 2. The van der Waals surface area contributed by atoms with Crippen molar-refractivity contribution in [3.8, 4) is 5.75 Å². The molecule has 0 aliphatic rings. The lowest BCUT2D eigenvalue weighted by Gasteiger charge is -2.21. The van der Waals surface area contributed by atoms with Gasteiger partial charge in [-0.25, -0.2) is 0 Å². The van der Waals surface area contributed by atoms with E-state index in [4.69, 9.17) is 9.84 Å². The molecule has 0 radical (unpaired) electrons. The molecule has 0 bridgehead atoms. The number of aliphatic hydroxyl groups is 2. The van der Waals surface area contributed by atoms with Crippen molar-refractivity contribution in [3.63, 3.8) is 0 Å². The van der Waals surface area contributed by atoms with E-state index < -0.39 is 6.10 Å². The van der Waals surface area contributed by atoms with Crippen molar-refractivity contribution in [2.24, 2.45) is 0 Å². The average molecular weight is 314 g/mol. The Bertz CT molecular complexity index is 595. The highest BCUT2D eigenvalue weighted by Gasteiger charge is 2.16. The molecule has 0 saturated heterocycles. The second kappa shape index (κ2) is 8.70. The van der Waals surface area contributed by atoms with E-state index in [2.05, 4.69) is 19.9 Å². The van der Waals surface area contributed by atoms with E-state index in [0.29, 0.717) is 13.0 Å². The summed E-state index contributed by atoms with van der Waals surface area (Å²) in [6.45, 7) is 4.54. The molecule has 2 aromatic rings. The Kier molecular flexibility index (Phi) is 6.63. The molecule has 2 unspecified atom stereocenters. The van der Waals surface area contributed by atoms with Crippen LogP contribution in [0.3, 0.4) is 0 Å². The van der Waals surface area contributed by atoms with Gasteiger partial charge in [-0.3, -0.25) is 0 Å². The lowest BCUT2D eigenvalue weighted by atomic mass is 9.88. The normalized spacial score (nSPS) is 13.6. The number of aryl methyl sites for hydroxylation is 1. The second-order valence-corrected chi connectivity index (χ2v) is 5.97. The van der Waals surface area contributed by atoms with Gasteiger partial charge in [0.25, 0.3) is 0 Å². The second-order valence-electron chi connectivity index (χ2n) is 5.97. The summed E-state index contributed by atoms with van der Waals surface area (Å²) in [5, 5.41) is 18.7. The molecule has 0 amide bonds. The number of hydrogen-bond acceptors (Lipinski definition) is 3. The van der Waals surface area contributed by atoms with Gasteiger partial charge in [-0.1, -0.05) is 43.3 Å². The number of ether oxygens (including phenoxy) is 1. The maximum absolute atomic E-state index is 9.70. The summed E-state index contributed by atoms with van der Waals surface area (Å²) in [6, 6.07) is 16.2. The first-order valence-corrected chi connectivity index (χ1v) is 8.20. The van der Waals surface area contributed by atoms with Crippen LogP contribution in [0.25, 0.3) is 0 Å². The highest BCUT2D eigenvalue weighted by atomic mass is 16.5. The fourth-order valence-electron chi connectivity index (χ4n) is 2.85. The number of rotatable bonds is 8. The summed E-state index contributed by atoms with van der Waals surface area (Å²) in [7, 11) is 0. The van der Waals surface area contributed by atoms with Crippen molar-refractivity contribution >= 4 is 0 Å². The van der Waals surface area contributed by atoms with E-state index in [-0.39, 0.29) is 12.5 Å². The first kappa shape index (κ1) is 17.5. The highest BCUT2D eigenvalue weighted by Crippen LogP contribution is 2.30. The van der Waals surface area contributed by atoms with Crippen LogP contribution in [0.2, 0.25) is 0 Å². The van der Waals surface area contributed by atoms with Crippen molar-refractivity contribution in [1.29, 1.82) is 0 Å². The summed E-state index contributed by atoms with van der Waals surface area (Å²) < 4.78 is 5.85. The molecule has 0 aromatic heterocycles. The quantitative estimate of drug-likeness (QED) is 0.779. The Labute approximate surface area is 138 Å². The van der Waals surface area contributed by atoms with Crippen LogP contribution >= 0.6 is 0 Å². The van der Waals surface area contributed by atoms with Crippen molar-refractivity contribution < 1.29 is 14.9 Å². The van der Waals surface area contributed by atoms with Crippen molar-refractivity contribution in [1.82, 2.24) is 0 Å². The molecule has 124 valence electrons. The SMILES string of the molecule is CCC(CC(O)CO)c1ccc(OCc2ccccc2)cc1C. The van der Waals surface area contributed by atoms with Gasteiger partial charge in [0.2, 0.25) is 0 Å². The average Bonchev–Trinajstić information content (AvgIpc) is 2.59. The summed E-state index contributed by atoms with van der Waals surface area (Å²) in [4.78, 5) is 0. The number of hydrogen-bond donors (Lipinski definition) is 2. The standard InChI is InChI=1S/C20H26O3/c1-3-17(12-18(22)13-21)20-10-9-19(11-15(20)2)23-14-16-7-5-4-6-8-16/h4-11,17-18,21-22H,3,12-14H2,1-2H3. The van der Waals surface area contributed by atoms with Gasteiger partial charge in [0, 0.05) is 0 Å². The monoisotopic (exact) mass is 314 g/mol. The van der Waals surface area contributed by atoms with E-state index in [0.717, 1.165) is 23.3 Å². The molecule has 0 heterocycles. The molecule has 2 N–H and O–H groups in total. The molecule has 0 aliphatic carbocycles. The molecule has 0 aliphatic heterocycles. The summed E-state index contributed by atoms with van der Waals surface area (Å²) >= 11 is 0. The molecule has 2 rings (SSSR count). The van der Waals surface area contributed by atoms with Crippen molar-refractivity contribution in [2.45, 2.75) is 45.3 Å². The maximum atomic E-state index is 9.70. The molecular formula is C20H26O3. The first-order valence-electron chi connectivity index (χ1n) is 8.20. The molecule has 23 heavy (non-hydrogen) atoms. The lowest BCUT2D eigenvalue weighted by Crippen LogP contribution is -2.16. The van der Waals surface area contributed by atoms with Gasteiger partial charge in [0.15, 0.2) is 0 Å². The van der Waals surface area contributed by atoms with Crippen LogP contribution in [-0.2, 0) is 6.61 Å². The topological polar surface area (TPSA) is 49.7 Å². The Morgan fingerprint density at radius 1 is 1.09 bits per heavy atom. The van der Waals surface area contributed by atoms with Gasteiger partial charge in [-0.15, -0.1) is 0 Å². The van der Waals surface area contributed by atoms with Crippen LogP contribution < -0.4 is 4.74 Å². The van der Waals surface area contributed by atoms with Crippen LogP contribution in [0.1, 0.15) is 42.4 Å². The van der Waals surface area contributed by atoms with E-state index >= 15 is 0 Å². The summed E-state index contributed by atoms with van der Waals surface area (Å²) in [5.74, 6) is 1.10. The smallest absolute Gasteiger partial charge is 0.120 e. The van der Waals surface area contributed by atoms with E-state index in [9.17, 15) is 5.11 Å². The summed E-state index contributed by atoms with van der Waals surface area (Å²) in [5.41, 5.74) is 3.52. The summed E-state index contributed by atoms with van der Waals surface area (Å²) in [6.07, 6.45) is 0.855. The van der Waals surface area contributed by atoms with Crippen LogP contribution in [0.5, 0.6) is 5.75 Å². The molecule has 2 atom stereocenters. The van der Waals surface area contributed by atoms with Crippen molar-refractivity contribution in [2.75, 3.05) is 6.61 Å².